The Hall–Kier alpha value is -3.13. The van der Waals surface area contributed by atoms with E-state index < -0.39 is 11.1 Å². The number of nitrogens with zero attached hydrogens (tertiary/aromatic N) is 2. The number of benzene rings is 2. The molecular formula is C23H21FN2O4S. The lowest BCUT2D eigenvalue weighted by Gasteiger charge is -2.18. The molecule has 4 rings (SSSR count). The molecule has 2 heterocycles. The molecule has 0 aromatic heterocycles. The molecule has 0 aliphatic carbocycles. The van der Waals surface area contributed by atoms with Gasteiger partial charge < -0.3 is 9.64 Å². The molecule has 0 bridgehead atoms. The zero-order valence-corrected chi connectivity index (χ0v) is 17.6. The third-order valence-electron chi connectivity index (χ3n) is 5.12. The van der Waals surface area contributed by atoms with Crippen LogP contribution >= 0.6 is 11.8 Å². The lowest BCUT2D eigenvalue weighted by atomic mass is 10.2. The molecule has 2 aliphatic rings. The Morgan fingerprint density at radius 2 is 1.71 bits per heavy atom. The molecule has 3 amide bonds. The van der Waals surface area contributed by atoms with Gasteiger partial charge in [-0.2, -0.15) is 0 Å². The predicted molar refractivity (Wildman–Crippen MR) is 116 cm³/mol. The number of rotatable bonds is 6. The summed E-state index contributed by atoms with van der Waals surface area (Å²) in [5.41, 5.74) is 1.59. The van der Waals surface area contributed by atoms with Crippen LogP contribution in [0.3, 0.4) is 0 Å². The Labute approximate surface area is 183 Å². The maximum absolute atomic E-state index is 13.0. The van der Waals surface area contributed by atoms with Crippen molar-refractivity contribution in [3.8, 4) is 5.75 Å². The van der Waals surface area contributed by atoms with Crippen molar-refractivity contribution in [2.75, 3.05) is 19.6 Å². The van der Waals surface area contributed by atoms with Gasteiger partial charge in [-0.3, -0.25) is 19.3 Å². The minimum Gasteiger partial charge on any atom is -0.489 e. The number of amides is 3. The van der Waals surface area contributed by atoms with Crippen molar-refractivity contribution in [2.45, 2.75) is 19.4 Å². The minimum absolute atomic E-state index is 0.191. The van der Waals surface area contributed by atoms with E-state index in [0.717, 1.165) is 40.6 Å². The van der Waals surface area contributed by atoms with E-state index in [1.165, 1.54) is 12.1 Å². The fourth-order valence-corrected chi connectivity index (χ4v) is 4.24. The number of halogens is 1. The predicted octanol–water partition coefficient (Wildman–Crippen LogP) is 4.06. The summed E-state index contributed by atoms with van der Waals surface area (Å²) in [6, 6.07) is 13.2. The largest absolute Gasteiger partial charge is 0.489 e. The van der Waals surface area contributed by atoms with E-state index in [2.05, 4.69) is 0 Å². The number of hydrogen-bond acceptors (Lipinski definition) is 5. The number of likely N-dealkylation sites (tertiary alicyclic amines) is 1. The normalized spacial score (nSPS) is 17.6. The van der Waals surface area contributed by atoms with E-state index in [0.29, 0.717) is 30.4 Å². The summed E-state index contributed by atoms with van der Waals surface area (Å²) in [4.78, 5) is 40.1. The summed E-state index contributed by atoms with van der Waals surface area (Å²) >= 11 is 0.840. The molecule has 2 saturated heterocycles. The van der Waals surface area contributed by atoms with Crippen LogP contribution in [0.5, 0.6) is 5.75 Å². The first-order valence-electron chi connectivity index (χ1n) is 10.00. The highest BCUT2D eigenvalue weighted by Crippen LogP contribution is 2.32. The van der Waals surface area contributed by atoms with Gasteiger partial charge in [-0.15, -0.1) is 0 Å². The fraction of sp³-hybridized carbons (Fsp3) is 0.261. The second kappa shape index (κ2) is 9.34. The highest BCUT2D eigenvalue weighted by Gasteiger charge is 2.37. The van der Waals surface area contributed by atoms with E-state index in [1.54, 1.807) is 47.4 Å². The third-order valence-corrected chi connectivity index (χ3v) is 6.03. The summed E-state index contributed by atoms with van der Waals surface area (Å²) < 4.78 is 18.6. The average Bonchev–Trinajstić information content (AvgIpc) is 3.39. The van der Waals surface area contributed by atoms with Crippen molar-refractivity contribution in [3.05, 3.63) is 70.4 Å². The summed E-state index contributed by atoms with van der Waals surface area (Å²) in [5, 5.41) is -0.428. The van der Waals surface area contributed by atoms with Gasteiger partial charge in [0.15, 0.2) is 0 Å². The van der Waals surface area contributed by atoms with Gasteiger partial charge in [0.2, 0.25) is 5.91 Å². The van der Waals surface area contributed by atoms with Crippen LogP contribution in [0.4, 0.5) is 9.18 Å². The molecule has 160 valence electrons. The fourth-order valence-electron chi connectivity index (χ4n) is 3.40. The van der Waals surface area contributed by atoms with Gasteiger partial charge in [-0.05, 0) is 66.1 Å². The summed E-state index contributed by atoms with van der Waals surface area (Å²) in [6.07, 6.45) is 3.54. The van der Waals surface area contributed by atoms with Crippen LogP contribution in [0, 0.1) is 5.82 Å². The highest BCUT2D eigenvalue weighted by atomic mass is 32.2. The smallest absolute Gasteiger partial charge is 0.294 e. The van der Waals surface area contributed by atoms with E-state index >= 15 is 0 Å². The first-order valence-corrected chi connectivity index (χ1v) is 10.8. The maximum atomic E-state index is 13.0. The average molecular weight is 440 g/mol. The van der Waals surface area contributed by atoms with Crippen LogP contribution in [0.15, 0.2) is 53.4 Å². The number of ether oxygens (including phenoxy) is 1. The molecule has 2 aliphatic heterocycles. The van der Waals surface area contributed by atoms with Crippen LogP contribution in [-0.4, -0.2) is 46.5 Å². The van der Waals surface area contributed by atoms with Crippen molar-refractivity contribution < 1.29 is 23.5 Å². The van der Waals surface area contributed by atoms with Crippen LogP contribution in [0.25, 0.3) is 6.08 Å². The molecule has 8 heteroatoms. The van der Waals surface area contributed by atoms with Crippen molar-refractivity contribution in [3.63, 3.8) is 0 Å². The summed E-state index contributed by atoms with van der Waals surface area (Å²) in [7, 11) is 0. The number of imide groups is 1. The monoisotopic (exact) mass is 440 g/mol. The van der Waals surface area contributed by atoms with Crippen LogP contribution in [0.2, 0.25) is 0 Å². The van der Waals surface area contributed by atoms with Gasteiger partial charge in [0.1, 0.15) is 24.7 Å². The standard InChI is InChI=1S/C23H21FN2O4S/c24-18-7-3-17(4-8-18)15-30-19-9-5-16(6-10-19)13-20-22(28)26(23(29)31-20)14-21(27)25-11-1-2-12-25/h3-10,13H,1-2,11-12,14-15H2/b20-13-. The third kappa shape index (κ3) is 5.14. The number of hydrogen-bond donors (Lipinski definition) is 0. The second-order valence-corrected chi connectivity index (χ2v) is 8.33. The van der Waals surface area contributed by atoms with Crippen LogP contribution < -0.4 is 4.74 Å². The zero-order valence-electron chi connectivity index (χ0n) is 16.8. The molecule has 0 atom stereocenters. The van der Waals surface area contributed by atoms with Crippen molar-refractivity contribution in [2.24, 2.45) is 0 Å². The van der Waals surface area contributed by atoms with Crippen molar-refractivity contribution in [1.29, 1.82) is 0 Å². The summed E-state index contributed by atoms with van der Waals surface area (Å²) in [6.45, 7) is 1.46. The highest BCUT2D eigenvalue weighted by molar-refractivity contribution is 8.18. The van der Waals surface area contributed by atoms with Crippen LogP contribution in [-0.2, 0) is 16.2 Å². The Balaban J connectivity index is 1.36. The van der Waals surface area contributed by atoms with Crippen molar-refractivity contribution in [1.82, 2.24) is 9.80 Å². The lowest BCUT2D eigenvalue weighted by Crippen LogP contribution is -2.40. The van der Waals surface area contributed by atoms with Gasteiger partial charge in [0.05, 0.1) is 4.91 Å². The van der Waals surface area contributed by atoms with Gasteiger partial charge >= 0.3 is 0 Å². The first-order chi connectivity index (χ1) is 15.0. The van der Waals surface area contributed by atoms with E-state index in [9.17, 15) is 18.8 Å². The zero-order chi connectivity index (χ0) is 21.8. The van der Waals surface area contributed by atoms with Gasteiger partial charge in [-0.25, -0.2) is 4.39 Å². The Morgan fingerprint density at radius 1 is 1.03 bits per heavy atom. The Kier molecular flexibility index (Phi) is 6.36. The first kappa shape index (κ1) is 21.1. The molecule has 0 radical (unpaired) electrons. The van der Waals surface area contributed by atoms with E-state index in [4.69, 9.17) is 4.74 Å². The Bertz CT molecular complexity index is 1010. The molecular weight excluding hydrogens is 419 g/mol. The van der Waals surface area contributed by atoms with E-state index in [-0.39, 0.29) is 18.3 Å². The molecule has 0 N–H and O–H groups in total. The van der Waals surface area contributed by atoms with Crippen molar-refractivity contribution >= 4 is 34.9 Å². The van der Waals surface area contributed by atoms with Gasteiger partial charge in [0, 0.05) is 13.1 Å². The molecule has 0 spiro atoms. The molecule has 31 heavy (non-hydrogen) atoms. The van der Waals surface area contributed by atoms with E-state index in [1.807, 2.05) is 0 Å². The molecule has 0 unspecified atom stereocenters. The Morgan fingerprint density at radius 3 is 2.39 bits per heavy atom. The van der Waals surface area contributed by atoms with Gasteiger partial charge in [-0.1, -0.05) is 24.3 Å². The SMILES string of the molecule is O=C(CN1C(=O)S/C(=C\c2ccc(OCc3ccc(F)cc3)cc2)C1=O)N1CCCC1. The molecule has 0 saturated carbocycles. The van der Waals surface area contributed by atoms with Crippen LogP contribution in [0.1, 0.15) is 24.0 Å². The molecule has 2 aromatic rings. The molecule has 6 nitrogen and oxygen atoms in total. The molecule has 2 fully saturated rings. The number of carbonyl (C=O) groups is 3. The number of carbonyl (C=O) groups excluding carboxylic acids is 3. The quantitative estimate of drug-likeness (QED) is 0.634. The second-order valence-electron chi connectivity index (χ2n) is 7.34. The molecule has 2 aromatic carbocycles. The number of thioether (sulfide) groups is 1. The van der Waals surface area contributed by atoms with Gasteiger partial charge in [0.25, 0.3) is 11.1 Å². The summed E-state index contributed by atoms with van der Waals surface area (Å²) in [5.74, 6) is -0.299. The lowest BCUT2D eigenvalue weighted by molar-refractivity contribution is -0.135. The topological polar surface area (TPSA) is 66.9 Å². The maximum Gasteiger partial charge on any atom is 0.294 e. The minimum atomic E-state index is -0.445.